The van der Waals surface area contributed by atoms with E-state index in [4.69, 9.17) is 15.2 Å². The second-order valence-corrected chi connectivity index (χ2v) is 5.14. The lowest BCUT2D eigenvalue weighted by atomic mass is 10.2. The van der Waals surface area contributed by atoms with E-state index >= 15 is 0 Å². The Labute approximate surface area is 115 Å². The molecule has 0 radical (unpaired) electrons. The number of para-hydroxylation sites is 2. The van der Waals surface area contributed by atoms with Crippen LogP contribution in [0.3, 0.4) is 0 Å². The molecule has 0 aliphatic carbocycles. The van der Waals surface area contributed by atoms with Crippen molar-refractivity contribution in [2.24, 2.45) is 0 Å². The van der Waals surface area contributed by atoms with Crippen LogP contribution in [0, 0.1) is 0 Å². The molecule has 2 rings (SSSR count). The molecule has 19 heavy (non-hydrogen) atoms. The van der Waals surface area contributed by atoms with Crippen LogP contribution >= 0.6 is 0 Å². The van der Waals surface area contributed by atoms with Crippen LogP contribution in [0.4, 0.5) is 5.69 Å². The molecule has 1 aliphatic heterocycles. The number of nitrogens with zero attached hydrogens (tertiary/aromatic N) is 1. The molecule has 1 aromatic carbocycles. The van der Waals surface area contributed by atoms with Crippen LogP contribution in [0.1, 0.15) is 19.3 Å². The van der Waals surface area contributed by atoms with Gasteiger partial charge in [-0.15, -0.1) is 0 Å². The largest absolute Gasteiger partial charge is 0.491 e. The van der Waals surface area contributed by atoms with Gasteiger partial charge in [0.1, 0.15) is 5.75 Å². The highest BCUT2D eigenvalue weighted by Gasteiger charge is 2.16. The van der Waals surface area contributed by atoms with Crippen molar-refractivity contribution in [2.45, 2.75) is 25.4 Å². The van der Waals surface area contributed by atoms with Gasteiger partial charge >= 0.3 is 0 Å². The fourth-order valence-electron chi connectivity index (χ4n) is 2.36. The van der Waals surface area contributed by atoms with E-state index in [1.807, 2.05) is 24.3 Å². The molecule has 1 aromatic rings. The third kappa shape index (κ3) is 4.73. The average Bonchev–Trinajstić information content (AvgIpc) is 2.89. The molecule has 0 amide bonds. The lowest BCUT2D eigenvalue weighted by Crippen LogP contribution is -2.30. The van der Waals surface area contributed by atoms with E-state index in [-0.39, 0.29) is 0 Å². The summed E-state index contributed by atoms with van der Waals surface area (Å²) in [7, 11) is 2.14. The Balaban J connectivity index is 1.59. The molecule has 106 valence electrons. The standard InChI is InChI=1S/C15H24N2O2/c1-17(12-13-6-4-10-18-13)9-5-11-19-15-8-3-2-7-14(15)16/h2-3,7-8,13H,4-6,9-12,16H2,1H3. The lowest BCUT2D eigenvalue weighted by molar-refractivity contribution is 0.0797. The second-order valence-electron chi connectivity index (χ2n) is 5.14. The van der Waals surface area contributed by atoms with E-state index in [0.717, 1.165) is 31.9 Å². The van der Waals surface area contributed by atoms with Crippen LogP contribution in [0.5, 0.6) is 5.75 Å². The summed E-state index contributed by atoms with van der Waals surface area (Å²) in [6.07, 6.45) is 3.82. The number of rotatable bonds is 7. The van der Waals surface area contributed by atoms with Gasteiger partial charge in [0.25, 0.3) is 0 Å². The highest BCUT2D eigenvalue weighted by molar-refractivity contribution is 5.51. The van der Waals surface area contributed by atoms with Crippen molar-refractivity contribution in [3.05, 3.63) is 24.3 Å². The van der Waals surface area contributed by atoms with Crippen molar-refractivity contribution in [3.8, 4) is 5.75 Å². The van der Waals surface area contributed by atoms with Crippen LogP contribution in [0.2, 0.25) is 0 Å². The quantitative estimate of drug-likeness (QED) is 0.605. The number of likely N-dealkylation sites (N-methyl/N-ethyl adjacent to an activating group) is 1. The second kappa shape index (κ2) is 7.36. The molecule has 4 nitrogen and oxygen atoms in total. The van der Waals surface area contributed by atoms with Crippen LogP contribution in [-0.2, 0) is 4.74 Å². The molecule has 1 fully saturated rings. The van der Waals surface area contributed by atoms with Crippen molar-refractivity contribution in [3.63, 3.8) is 0 Å². The van der Waals surface area contributed by atoms with Gasteiger partial charge in [0.15, 0.2) is 0 Å². The summed E-state index contributed by atoms with van der Waals surface area (Å²) < 4.78 is 11.3. The minimum Gasteiger partial charge on any atom is -0.491 e. The smallest absolute Gasteiger partial charge is 0.142 e. The van der Waals surface area contributed by atoms with Gasteiger partial charge in [0, 0.05) is 19.7 Å². The third-order valence-electron chi connectivity index (χ3n) is 3.40. The first-order valence-electron chi connectivity index (χ1n) is 7.03. The van der Waals surface area contributed by atoms with Crippen molar-refractivity contribution in [1.29, 1.82) is 0 Å². The fourth-order valence-corrected chi connectivity index (χ4v) is 2.36. The summed E-state index contributed by atoms with van der Waals surface area (Å²) >= 11 is 0. The van der Waals surface area contributed by atoms with Gasteiger partial charge in [0.05, 0.1) is 18.4 Å². The fraction of sp³-hybridized carbons (Fsp3) is 0.600. The molecule has 2 N–H and O–H groups in total. The SMILES string of the molecule is CN(CCCOc1ccccc1N)CC1CCCO1. The van der Waals surface area contributed by atoms with Gasteiger partial charge in [-0.2, -0.15) is 0 Å². The van der Waals surface area contributed by atoms with E-state index < -0.39 is 0 Å². The Morgan fingerprint density at radius 1 is 1.42 bits per heavy atom. The highest BCUT2D eigenvalue weighted by Crippen LogP contribution is 2.19. The minimum atomic E-state index is 0.427. The number of ether oxygens (including phenoxy) is 2. The van der Waals surface area contributed by atoms with E-state index in [2.05, 4.69) is 11.9 Å². The zero-order valence-corrected chi connectivity index (χ0v) is 11.7. The minimum absolute atomic E-state index is 0.427. The molecule has 1 unspecified atom stereocenters. The Morgan fingerprint density at radius 2 is 2.26 bits per heavy atom. The number of anilines is 1. The van der Waals surface area contributed by atoms with Gasteiger partial charge in [-0.25, -0.2) is 0 Å². The number of hydrogen-bond acceptors (Lipinski definition) is 4. The number of hydrogen-bond donors (Lipinski definition) is 1. The van der Waals surface area contributed by atoms with Crippen LogP contribution in [-0.4, -0.2) is 44.4 Å². The molecule has 0 bridgehead atoms. The summed E-state index contributed by atoms with van der Waals surface area (Å²) in [4.78, 5) is 2.31. The molecule has 1 aliphatic rings. The summed E-state index contributed by atoms with van der Waals surface area (Å²) in [5.74, 6) is 0.782. The predicted octanol–water partition coefficient (Wildman–Crippen LogP) is 2.15. The maximum Gasteiger partial charge on any atom is 0.142 e. The van der Waals surface area contributed by atoms with Crippen LogP contribution in [0.25, 0.3) is 0 Å². The number of nitrogens with two attached hydrogens (primary N) is 1. The van der Waals surface area contributed by atoms with E-state index in [0.29, 0.717) is 18.4 Å². The molecule has 1 saturated heterocycles. The summed E-state index contributed by atoms with van der Waals surface area (Å²) in [6, 6.07) is 7.62. The van der Waals surface area contributed by atoms with Gasteiger partial charge in [-0.1, -0.05) is 12.1 Å². The molecular weight excluding hydrogens is 240 g/mol. The van der Waals surface area contributed by atoms with E-state index in [1.54, 1.807) is 0 Å². The highest BCUT2D eigenvalue weighted by atomic mass is 16.5. The number of benzene rings is 1. The van der Waals surface area contributed by atoms with Gasteiger partial charge < -0.3 is 20.1 Å². The number of nitrogen functional groups attached to an aromatic ring is 1. The zero-order chi connectivity index (χ0) is 13.5. The summed E-state index contributed by atoms with van der Waals surface area (Å²) in [5.41, 5.74) is 6.52. The Hall–Kier alpha value is -1.26. The zero-order valence-electron chi connectivity index (χ0n) is 11.7. The summed E-state index contributed by atoms with van der Waals surface area (Å²) in [5, 5.41) is 0. The monoisotopic (exact) mass is 264 g/mol. The topological polar surface area (TPSA) is 47.7 Å². The van der Waals surface area contributed by atoms with E-state index in [1.165, 1.54) is 12.8 Å². The lowest BCUT2D eigenvalue weighted by Gasteiger charge is -2.20. The Morgan fingerprint density at radius 3 is 3.00 bits per heavy atom. The Kier molecular flexibility index (Phi) is 5.48. The normalized spacial score (nSPS) is 18.9. The first-order valence-corrected chi connectivity index (χ1v) is 7.03. The van der Waals surface area contributed by atoms with Crippen molar-refractivity contribution in [1.82, 2.24) is 4.90 Å². The van der Waals surface area contributed by atoms with Gasteiger partial charge in [0.2, 0.25) is 0 Å². The first-order chi connectivity index (χ1) is 9.25. The van der Waals surface area contributed by atoms with Gasteiger partial charge in [-0.05, 0) is 38.4 Å². The Bertz CT molecular complexity index is 378. The first kappa shape index (κ1) is 14.2. The van der Waals surface area contributed by atoms with Crippen molar-refractivity contribution in [2.75, 3.05) is 39.1 Å². The molecule has 0 spiro atoms. The van der Waals surface area contributed by atoms with Gasteiger partial charge in [-0.3, -0.25) is 0 Å². The summed E-state index contributed by atoms with van der Waals surface area (Å²) in [6.45, 7) is 3.67. The molecule has 4 heteroatoms. The molecule has 0 aromatic heterocycles. The maximum atomic E-state index is 5.82. The van der Waals surface area contributed by atoms with Crippen LogP contribution in [0.15, 0.2) is 24.3 Å². The van der Waals surface area contributed by atoms with Crippen molar-refractivity contribution >= 4 is 5.69 Å². The predicted molar refractivity (Wildman–Crippen MR) is 77.4 cm³/mol. The molecule has 0 saturated carbocycles. The molecular formula is C15H24N2O2. The van der Waals surface area contributed by atoms with E-state index in [9.17, 15) is 0 Å². The molecule has 1 heterocycles. The maximum absolute atomic E-state index is 5.82. The van der Waals surface area contributed by atoms with Crippen molar-refractivity contribution < 1.29 is 9.47 Å². The molecule has 1 atom stereocenters. The average molecular weight is 264 g/mol. The third-order valence-corrected chi connectivity index (χ3v) is 3.40. The van der Waals surface area contributed by atoms with Crippen LogP contribution < -0.4 is 10.5 Å².